The van der Waals surface area contributed by atoms with Crippen molar-refractivity contribution in [3.8, 4) is 5.75 Å². The lowest BCUT2D eigenvalue weighted by atomic mass is 9.88. The lowest BCUT2D eigenvalue weighted by Crippen LogP contribution is -2.35. The second-order valence-corrected chi connectivity index (χ2v) is 7.95. The average Bonchev–Trinajstić information content (AvgIpc) is 2.76. The molecule has 1 fully saturated rings. The summed E-state index contributed by atoms with van der Waals surface area (Å²) in [7, 11) is 0. The van der Waals surface area contributed by atoms with Crippen LogP contribution in [0.5, 0.6) is 5.75 Å². The molecule has 3 heteroatoms. The SMILES string of the molecule is CCCCCOc1ccc([C@@H](O)[C@H](CN2CCCCC2)c2ccccc2)cc1. The average molecular weight is 382 g/mol. The largest absolute Gasteiger partial charge is 0.494 e. The quantitative estimate of drug-likeness (QED) is 0.547. The maximum absolute atomic E-state index is 11.2. The fraction of sp³-hybridized carbons (Fsp3) is 0.520. The number of likely N-dealkylation sites (tertiary alicyclic amines) is 1. The summed E-state index contributed by atoms with van der Waals surface area (Å²) in [5, 5.41) is 11.2. The van der Waals surface area contributed by atoms with Crippen molar-refractivity contribution >= 4 is 0 Å². The van der Waals surface area contributed by atoms with E-state index in [1.54, 1.807) is 0 Å². The summed E-state index contributed by atoms with van der Waals surface area (Å²) in [5.41, 5.74) is 2.17. The molecule has 1 aliphatic heterocycles. The molecule has 0 radical (unpaired) electrons. The van der Waals surface area contributed by atoms with Gasteiger partial charge in [-0.05, 0) is 55.6 Å². The van der Waals surface area contributed by atoms with Gasteiger partial charge in [0.1, 0.15) is 5.75 Å². The fourth-order valence-corrected chi connectivity index (χ4v) is 4.04. The Hall–Kier alpha value is -1.84. The highest BCUT2D eigenvalue weighted by atomic mass is 16.5. The number of benzene rings is 2. The van der Waals surface area contributed by atoms with E-state index in [-0.39, 0.29) is 5.92 Å². The Morgan fingerprint density at radius 3 is 2.29 bits per heavy atom. The topological polar surface area (TPSA) is 32.7 Å². The van der Waals surface area contributed by atoms with Gasteiger partial charge in [0.05, 0.1) is 12.7 Å². The number of rotatable bonds is 10. The van der Waals surface area contributed by atoms with Gasteiger partial charge < -0.3 is 14.7 Å². The van der Waals surface area contributed by atoms with Crippen LogP contribution in [0.2, 0.25) is 0 Å². The Balaban J connectivity index is 1.68. The van der Waals surface area contributed by atoms with Crippen LogP contribution in [0.25, 0.3) is 0 Å². The van der Waals surface area contributed by atoms with Gasteiger partial charge in [-0.2, -0.15) is 0 Å². The van der Waals surface area contributed by atoms with Crippen LogP contribution in [-0.4, -0.2) is 36.2 Å². The zero-order chi connectivity index (χ0) is 19.6. The van der Waals surface area contributed by atoms with Crippen molar-refractivity contribution in [3.63, 3.8) is 0 Å². The molecule has 0 saturated carbocycles. The van der Waals surface area contributed by atoms with Gasteiger partial charge in [0.2, 0.25) is 0 Å². The molecule has 1 heterocycles. The molecule has 0 spiro atoms. The number of unbranched alkanes of at least 4 members (excludes halogenated alkanes) is 2. The second-order valence-electron chi connectivity index (χ2n) is 7.95. The summed E-state index contributed by atoms with van der Waals surface area (Å²) in [6.07, 6.45) is 6.84. The molecule has 1 saturated heterocycles. The summed E-state index contributed by atoms with van der Waals surface area (Å²) in [6.45, 7) is 6.14. The van der Waals surface area contributed by atoms with E-state index in [1.165, 1.54) is 37.7 Å². The Morgan fingerprint density at radius 1 is 0.893 bits per heavy atom. The maximum Gasteiger partial charge on any atom is 0.119 e. The van der Waals surface area contributed by atoms with Crippen molar-refractivity contribution in [2.75, 3.05) is 26.2 Å². The van der Waals surface area contributed by atoms with Gasteiger partial charge in [0, 0.05) is 12.5 Å². The van der Waals surface area contributed by atoms with Crippen LogP contribution in [0.1, 0.15) is 68.6 Å². The molecule has 3 rings (SSSR count). The smallest absolute Gasteiger partial charge is 0.119 e. The zero-order valence-corrected chi connectivity index (χ0v) is 17.2. The lowest BCUT2D eigenvalue weighted by Gasteiger charge is -2.33. The number of aliphatic hydroxyl groups excluding tert-OH is 1. The molecule has 2 atom stereocenters. The lowest BCUT2D eigenvalue weighted by molar-refractivity contribution is 0.109. The highest BCUT2D eigenvalue weighted by Crippen LogP contribution is 2.33. The Labute approximate surface area is 170 Å². The first-order valence-electron chi connectivity index (χ1n) is 11.0. The van der Waals surface area contributed by atoms with E-state index in [0.717, 1.165) is 44.0 Å². The molecule has 1 N–H and O–H groups in total. The monoisotopic (exact) mass is 381 g/mol. The Bertz CT molecular complexity index is 665. The van der Waals surface area contributed by atoms with Crippen molar-refractivity contribution < 1.29 is 9.84 Å². The Kier molecular flexibility index (Phi) is 8.38. The molecule has 0 amide bonds. The van der Waals surface area contributed by atoms with Gasteiger partial charge in [-0.1, -0.05) is 68.7 Å². The van der Waals surface area contributed by atoms with Gasteiger partial charge in [0.15, 0.2) is 0 Å². The number of aliphatic hydroxyl groups is 1. The van der Waals surface area contributed by atoms with Crippen molar-refractivity contribution in [3.05, 3.63) is 65.7 Å². The first-order valence-corrected chi connectivity index (χ1v) is 11.0. The number of nitrogens with zero attached hydrogens (tertiary/aromatic N) is 1. The summed E-state index contributed by atoms with van der Waals surface area (Å²) >= 11 is 0. The van der Waals surface area contributed by atoms with Crippen molar-refractivity contribution in [1.29, 1.82) is 0 Å². The zero-order valence-electron chi connectivity index (χ0n) is 17.2. The van der Waals surface area contributed by atoms with Gasteiger partial charge in [-0.3, -0.25) is 0 Å². The van der Waals surface area contributed by atoms with Crippen LogP contribution in [0.15, 0.2) is 54.6 Å². The third-order valence-electron chi connectivity index (χ3n) is 5.75. The number of hydrogen-bond acceptors (Lipinski definition) is 3. The molecule has 1 aliphatic rings. The maximum atomic E-state index is 11.2. The number of ether oxygens (including phenoxy) is 1. The predicted molar refractivity (Wildman–Crippen MR) is 116 cm³/mol. The molecular weight excluding hydrogens is 346 g/mol. The third kappa shape index (κ3) is 6.08. The van der Waals surface area contributed by atoms with E-state index in [4.69, 9.17) is 4.74 Å². The highest BCUT2D eigenvalue weighted by molar-refractivity contribution is 5.32. The molecule has 0 aliphatic carbocycles. The van der Waals surface area contributed by atoms with E-state index in [2.05, 4.69) is 36.1 Å². The van der Waals surface area contributed by atoms with Crippen LogP contribution >= 0.6 is 0 Å². The van der Waals surface area contributed by atoms with Gasteiger partial charge in [0.25, 0.3) is 0 Å². The first-order chi connectivity index (χ1) is 13.8. The summed E-state index contributed by atoms with van der Waals surface area (Å²) in [6, 6.07) is 18.5. The molecule has 28 heavy (non-hydrogen) atoms. The molecule has 3 nitrogen and oxygen atoms in total. The summed E-state index contributed by atoms with van der Waals surface area (Å²) in [4.78, 5) is 2.51. The van der Waals surface area contributed by atoms with Crippen LogP contribution in [-0.2, 0) is 0 Å². The van der Waals surface area contributed by atoms with Gasteiger partial charge in [-0.15, -0.1) is 0 Å². The molecule has 2 aromatic rings. The first kappa shape index (κ1) is 20.9. The number of piperidine rings is 1. The fourth-order valence-electron chi connectivity index (χ4n) is 4.04. The molecule has 0 unspecified atom stereocenters. The standard InChI is InChI=1S/C25H35NO2/c1-2-3-10-19-28-23-15-13-22(14-16-23)25(27)24(21-11-6-4-7-12-21)20-26-17-8-5-9-18-26/h4,6-7,11-16,24-25,27H,2-3,5,8-10,17-20H2,1H3/t24-,25-/m1/s1. The molecule has 2 aromatic carbocycles. The molecular formula is C25H35NO2. The van der Waals surface area contributed by atoms with Crippen LogP contribution < -0.4 is 4.74 Å². The molecule has 0 bridgehead atoms. The van der Waals surface area contributed by atoms with Crippen LogP contribution in [0.3, 0.4) is 0 Å². The third-order valence-corrected chi connectivity index (χ3v) is 5.75. The minimum atomic E-state index is -0.515. The van der Waals surface area contributed by atoms with E-state index in [9.17, 15) is 5.11 Å². The highest BCUT2D eigenvalue weighted by Gasteiger charge is 2.26. The summed E-state index contributed by atoms with van der Waals surface area (Å²) < 4.78 is 5.82. The van der Waals surface area contributed by atoms with E-state index >= 15 is 0 Å². The van der Waals surface area contributed by atoms with E-state index < -0.39 is 6.10 Å². The minimum Gasteiger partial charge on any atom is -0.494 e. The van der Waals surface area contributed by atoms with Gasteiger partial charge in [-0.25, -0.2) is 0 Å². The van der Waals surface area contributed by atoms with Gasteiger partial charge >= 0.3 is 0 Å². The predicted octanol–water partition coefficient (Wildman–Crippen LogP) is 5.56. The summed E-state index contributed by atoms with van der Waals surface area (Å²) in [5.74, 6) is 0.968. The second kappa shape index (κ2) is 11.2. The van der Waals surface area contributed by atoms with Crippen molar-refractivity contribution in [1.82, 2.24) is 4.90 Å². The minimum absolute atomic E-state index is 0.0793. The van der Waals surface area contributed by atoms with Crippen molar-refractivity contribution in [2.45, 2.75) is 57.5 Å². The Morgan fingerprint density at radius 2 is 1.61 bits per heavy atom. The van der Waals surface area contributed by atoms with E-state index in [0.29, 0.717) is 0 Å². The van der Waals surface area contributed by atoms with Crippen molar-refractivity contribution in [2.24, 2.45) is 0 Å². The van der Waals surface area contributed by atoms with E-state index in [1.807, 2.05) is 30.3 Å². The molecule has 152 valence electrons. The van der Waals surface area contributed by atoms with Crippen LogP contribution in [0, 0.1) is 0 Å². The van der Waals surface area contributed by atoms with Crippen LogP contribution in [0.4, 0.5) is 0 Å². The normalized spacial score (nSPS) is 17.2. The number of hydrogen-bond donors (Lipinski definition) is 1. The molecule has 0 aromatic heterocycles.